The highest BCUT2D eigenvalue weighted by atomic mass is 32.2. The Morgan fingerprint density at radius 3 is 2.78 bits per heavy atom. The van der Waals surface area contributed by atoms with E-state index in [2.05, 4.69) is 20.2 Å². The molecule has 0 unspecified atom stereocenters. The minimum atomic E-state index is -0.716. The van der Waals surface area contributed by atoms with E-state index >= 15 is 0 Å². The molecule has 11 nitrogen and oxygen atoms in total. The summed E-state index contributed by atoms with van der Waals surface area (Å²) in [5.74, 6) is -0.304. The lowest BCUT2D eigenvalue weighted by molar-refractivity contribution is -0.116. The Balaban J connectivity index is 2.38. The standard InChI is InChI=1S/C15H23N7O4S/c1-9(2)6-22-12(16)11(13(24)19-15(22)25)21(4-5-26-3)10(23)7-27-14-17-8-18-20-14/h8-9H,4-7,16H2,1-3H3,(H,17,18,20)(H,19,24,25). The van der Waals surface area contributed by atoms with E-state index < -0.39 is 11.2 Å². The first-order valence-electron chi connectivity index (χ1n) is 8.25. The molecule has 2 heterocycles. The molecule has 4 N–H and O–H groups in total. The molecular weight excluding hydrogens is 374 g/mol. The van der Waals surface area contributed by atoms with E-state index in [4.69, 9.17) is 10.5 Å². The van der Waals surface area contributed by atoms with Crippen LogP contribution in [0.3, 0.4) is 0 Å². The van der Waals surface area contributed by atoms with E-state index in [-0.39, 0.29) is 42.2 Å². The van der Waals surface area contributed by atoms with E-state index in [0.29, 0.717) is 11.7 Å². The maximum absolute atomic E-state index is 12.8. The summed E-state index contributed by atoms with van der Waals surface area (Å²) in [5, 5.41) is 6.83. The molecule has 148 valence electrons. The summed E-state index contributed by atoms with van der Waals surface area (Å²) in [6, 6.07) is 0. The highest BCUT2D eigenvalue weighted by Crippen LogP contribution is 2.20. The van der Waals surface area contributed by atoms with Gasteiger partial charge in [-0.15, -0.1) is 0 Å². The molecule has 0 fully saturated rings. The Labute approximate surface area is 159 Å². The van der Waals surface area contributed by atoms with Gasteiger partial charge < -0.3 is 15.4 Å². The normalized spacial score (nSPS) is 11.1. The van der Waals surface area contributed by atoms with Crippen molar-refractivity contribution in [3.8, 4) is 0 Å². The maximum atomic E-state index is 12.8. The topological polar surface area (TPSA) is 152 Å². The minimum absolute atomic E-state index is 0.00109. The van der Waals surface area contributed by atoms with E-state index in [1.807, 2.05) is 13.8 Å². The number of nitrogens with two attached hydrogens (primary N) is 1. The molecule has 0 aromatic carbocycles. The van der Waals surface area contributed by atoms with Crippen molar-refractivity contribution in [1.29, 1.82) is 0 Å². The molecule has 0 aliphatic carbocycles. The van der Waals surface area contributed by atoms with Crippen molar-refractivity contribution < 1.29 is 9.53 Å². The van der Waals surface area contributed by atoms with Crippen LogP contribution in [0.2, 0.25) is 0 Å². The number of thioether (sulfide) groups is 1. The fraction of sp³-hybridized carbons (Fsp3) is 0.533. The number of nitrogen functional groups attached to an aromatic ring is 1. The third kappa shape index (κ3) is 5.20. The minimum Gasteiger partial charge on any atom is -0.383 e. The number of carbonyl (C=O) groups is 1. The van der Waals surface area contributed by atoms with E-state index in [9.17, 15) is 14.4 Å². The number of rotatable bonds is 9. The zero-order chi connectivity index (χ0) is 20.0. The largest absolute Gasteiger partial charge is 0.383 e. The van der Waals surface area contributed by atoms with Crippen LogP contribution in [0.15, 0.2) is 21.1 Å². The number of ether oxygens (including phenoxy) is 1. The maximum Gasteiger partial charge on any atom is 0.330 e. The lowest BCUT2D eigenvalue weighted by Crippen LogP contribution is -2.43. The number of hydrogen-bond acceptors (Lipinski definition) is 8. The van der Waals surface area contributed by atoms with Gasteiger partial charge in [-0.25, -0.2) is 9.78 Å². The van der Waals surface area contributed by atoms with Crippen molar-refractivity contribution in [2.24, 2.45) is 5.92 Å². The first kappa shape index (κ1) is 20.7. The number of carbonyl (C=O) groups excluding carboxylic acids is 1. The van der Waals surface area contributed by atoms with Crippen LogP contribution in [0.1, 0.15) is 13.8 Å². The van der Waals surface area contributed by atoms with E-state index in [1.54, 1.807) is 0 Å². The number of nitrogens with zero attached hydrogens (tertiary/aromatic N) is 4. The van der Waals surface area contributed by atoms with Gasteiger partial charge in [-0.2, -0.15) is 5.10 Å². The zero-order valence-electron chi connectivity index (χ0n) is 15.4. The molecule has 2 aromatic heterocycles. The SMILES string of the molecule is COCCN(C(=O)CSc1ncn[nH]1)c1c(N)n(CC(C)C)c(=O)[nH]c1=O. The molecule has 2 rings (SSSR count). The summed E-state index contributed by atoms with van der Waals surface area (Å²) in [6.07, 6.45) is 1.33. The van der Waals surface area contributed by atoms with Crippen LogP contribution >= 0.6 is 11.8 Å². The number of aromatic amines is 2. The van der Waals surface area contributed by atoms with Crippen LogP contribution in [-0.2, 0) is 16.1 Å². The monoisotopic (exact) mass is 397 g/mol. The lowest BCUT2D eigenvalue weighted by Gasteiger charge is -2.24. The Morgan fingerprint density at radius 1 is 1.44 bits per heavy atom. The fourth-order valence-electron chi connectivity index (χ4n) is 2.40. The van der Waals surface area contributed by atoms with Crippen molar-refractivity contribution in [1.82, 2.24) is 24.7 Å². The predicted molar refractivity (Wildman–Crippen MR) is 102 cm³/mol. The van der Waals surface area contributed by atoms with Crippen molar-refractivity contribution >= 4 is 29.2 Å². The van der Waals surface area contributed by atoms with Crippen LogP contribution in [-0.4, -0.2) is 56.7 Å². The molecule has 0 spiro atoms. The summed E-state index contributed by atoms with van der Waals surface area (Å²) in [6.45, 7) is 4.45. The first-order chi connectivity index (χ1) is 12.8. The van der Waals surface area contributed by atoms with Gasteiger partial charge in [0.2, 0.25) is 5.91 Å². The summed E-state index contributed by atoms with van der Waals surface area (Å²) in [5.41, 5.74) is 4.73. The highest BCUT2D eigenvalue weighted by molar-refractivity contribution is 7.99. The molecule has 2 aromatic rings. The number of hydrogen-bond donors (Lipinski definition) is 3. The van der Waals surface area contributed by atoms with E-state index in [0.717, 1.165) is 11.8 Å². The fourth-order valence-corrected chi connectivity index (χ4v) is 3.06. The van der Waals surface area contributed by atoms with Crippen LogP contribution < -0.4 is 21.9 Å². The summed E-state index contributed by atoms with van der Waals surface area (Å²) in [4.78, 5) is 44.7. The first-order valence-corrected chi connectivity index (χ1v) is 9.23. The molecule has 0 bridgehead atoms. The van der Waals surface area contributed by atoms with Gasteiger partial charge in [0.25, 0.3) is 5.56 Å². The second-order valence-corrected chi connectivity index (χ2v) is 7.08. The predicted octanol–water partition coefficient (Wildman–Crippen LogP) is -0.335. The molecule has 1 amide bonds. The molecule has 0 saturated carbocycles. The molecule has 12 heteroatoms. The summed E-state index contributed by atoms with van der Waals surface area (Å²) < 4.78 is 6.30. The number of amides is 1. The van der Waals surface area contributed by atoms with Gasteiger partial charge in [-0.05, 0) is 5.92 Å². The van der Waals surface area contributed by atoms with Gasteiger partial charge in [0.1, 0.15) is 12.1 Å². The number of nitrogens with one attached hydrogen (secondary N) is 2. The lowest BCUT2D eigenvalue weighted by atomic mass is 10.2. The van der Waals surface area contributed by atoms with Gasteiger partial charge in [-0.1, -0.05) is 25.6 Å². The number of H-pyrrole nitrogens is 2. The van der Waals surface area contributed by atoms with Gasteiger partial charge >= 0.3 is 5.69 Å². The molecular formula is C15H23N7O4S. The van der Waals surface area contributed by atoms with Crippen molar-refractivity contribution in [3.63, 3.8) is 0 Å². The van der Waals surface area contributed by atoms with Crippen molar-refractivity contribution in [2.75, 3.05) is 36.6 Å². The number of methoxy groups -OCH3 is 1. The average Bonchev–Trinajstić information content (AvgIpc) is 3.12. The molecule has 0 atom stereocenters. The van der Waals surface area contributed by atoms with Crippen LogP contribution in [0.25, 0.3) is 0 Å². The summed E-state index contributed by atoms with van der Waals surface area (Å²) >= 11 is 1.14. The van der Waals surface area contributed by atoms with E-state index in [1.165, 1.54) is 22.9 Å². The Kier molecular flexibility index (Phi) is 7.19. The Morgan fingerprint density at radius 2 is 2.19 bits per heavy atom. The third-order valence-electron chi connectivity index (χ3n) is 3.58. The molecule has 0 aliphatic heterocycles. The van der Waals surface area contributed by atoms with Gasteiger partial charge in [0, 0.05) is 20.2 Å². The van der Waals surface area contributed by atoms with Crippen molar-refractivity contribution in [2.45, 2.75) is 25.5 Å². The number of anilines is 2. The van der Waals surface area contributed by atoms with Gasteiger partial charge in [0.05, 0.1) is 12.4 Å². The zero-order valence-corrected chi connectivity index (χ0v) is 16.2. The summed E-state index contributed by atoms with van der Waals surface area (Å²) in [7, 11) is 1.49. The van der Waals surface area contributed by atoms with Crippen LogP contribution in [0.5, 0.6) is 0 Å². The average molecular weight is 397 g/mol. The van der Waals surface area contributed by atoms with Crippen molar-refractivity contribution in [3.05, 3.63) is 27.2 Å². The van der Waals surface area contributed by atoms with Gasteiger partial charge in [0.15, 0.2) is 10.8 Å². The van der Waals surface area contributed by atoms with Crippen LogP contribution in [0.4, 0.5) is 11.5 Å². The molecule has 0 saturated heterocycles. The molecule has 27 heavy (non-hydrogen) atoms. The second kappa shape index (κ2) is 9.37. The van der Waals surface area contributed by atoms with Gasteiger partial charge in [-0.3, -0.25) is 24.2 Å². The number of aromatic nitrogens is 5. The Hall–Kier alpha value is -2.60. The quantitative estimate of drug-likeness (QED) is 0.486. The smallest absolute Gasteiger partial charge is 0.330 e. The van der Waals surface area contributed by atoms with Crippen LogP contribution in [0, 0.1) is 5.92 Å². The second-order valence-electron chi connectivity index (χ2n) is 6.12. The third-order valence-corrected chi connectivity index (χ3v) is 4.44. The molecule has 0 aliphatic rings. The highest BCUT2D eigenvalue weighted by Gasteiger charge is 2.24. The Bertz CT molecular complexity index is 875. The molecule has 0 radical (unpaired) electrons.